The molecule has 0 aliphatic carbocycles. The quantitative estimate of drug-likeness (QED) is 0.701. The molecule has 0 spiro atoms. The molecular weight excluding hydrogens is 182 g/mol. The second kappa shape index (κ2) is 40.1. The Bertz CT molecular complexity index is 95.4. The van der Waals surface area contributed by atoms with Gasteiger partial charge in [0.1, 0.15) is 5.78 Å². The predicted octanol–water partition coefficient (Wildman–Crippen LogP) is 1.77. The molecule has 0 heterocycles. The van der Waals surface area contributed by atoms with Crippen LogP contribution in [-0.4, -0.2) is 26.4 Å². The molecule has 0 fully saturated rings. The average molecular weight is 207 g/mol. The second-order valence-electron chi connectivity index (χ2n) is 2.00. The molecule has 4 nitrogen and oxygen atoms in total. The first-order chi connectivity index (χ1) is 6.60. The van der Waals surface area contributed by atoms with Crippen molar-refractivity contribution in [3.63, 3.8) is 0 Å². The summed E-state index contributed by atoms with van der Waals surface area (Å²) >= 11 is 0. The van der Waals surface area contributed by atoms with Crippen molar-refractivity contribution in [3.05, 3.63) is 0 Å². The maximum absolute atomic E-state index is 10.0. The third-order valence-electron chi connectivity index (χ3n) is 0.602. The predicted molar refractivity (Wildman–Crippen MR) is 60.1 cm³/mol. The lowest BCUT2D eigenvalue weighted by molar-refractivity contribution is -0.117. The summed E-state index contributed by atoms with van der Waals surface area (Å²) in [7, 11) is 3.25. The number of carbonyl (C=O) groups is 2. The summed E-state index contributed by atoms with van der Waals surface area (Å²) in [5.41, 5.74) is 4.17. The second-order valence-corrected chi connectivity index (χ2v) is 2.00. The van der Waals surface area contributed by atoms with Gasteiger partial charge in [-0.25, -0.2) is 0 Å². The number of Topliss-reactive ketones (excluding diaryl/α,β-unsaturated/α-hetero) is 1. The van der Waals surface area contributed by atoms with E-state index in [0.29, 0.717) is 0 Å². The third kappa shape index (κ3) is 257. The van der Waals surface area contributed by atoms with E-state index in [9.17, 15) is 4.79 Å². The molecular formula is C10H25NO3. The maximum atomic E-state index is 10.0. The molecule has 88 valence electrons. The van der Waals surface area contributed by atoms with Crippen molar-refractivity contribution < 1.29 is 14.3 Å². The molecule has 0 atom stereocenters. The first-order valence-electron chi connectivity index (χ1n) is 4.65. The molecule has 2 N–H and O–H groups in total. The van der Waals surface area contributed by atoms with Gasteiger partial charge in [-0.15, -0.1) is 0 Å². The van der Waals surface area contributed by atoms with Gasteiger partial charge in [0.05, 0.1) is 0 Å². The van der Waals surface area contributed by atoms with Crippen LogP contribution in [0.15, 0.2) is 0 Å². The molecule has 1 amide bonds. The van der Waals surface area contributed by atoms with E-state index in [4.69, 9.17) is 4.79 Å². The Labute approximate surface area is 87.8 Å². The van der Waals surface area contributed by atoms with Gasteiger partial charge >= 0.3 is 0 Å². The largest absolute Gasteiger partial charge is 0.388 e. The van der Waals surface area contributed by atoms with Crippen molar-refractivity contribution in [1.29, 1.82) is 0 Å². The first kappa shape index (κ1) is 23.2. The van der Waals surface area contributed by atoms with Crippen LogP contribution < -0.4 is 5.73 Å². The Morgan fingerprint density at radius 3 is 1.57 bits per heavy atom. The number of amides is 1. The Morgan fingerprint density at radius 1 is 1.36 bits per heavy atom. The number of nitrogens with two attached hydrogens (primary N) is 1. The van der Waals surface area contributed by atoms with Gasteiger partial charge in [0.25, 0.3) is 0 Å². The van der Waals surface area contributed by atoms with Crippen LogP contribution in [0, 0.1) is 0 Å². The zero-order chi connectivity index (χ0) is 12.4. The minimum Gasteiger partial charge on any atom is -0.388 e. The van der Waals surface area contributed by atoms with E-state index in [2.05, 4.69) is 10.5 Å². The van der Waals surface area contributed by atoms with E-state index in [1.54, 1.807) is 21.1 Å². The van der Waals surface area contributed by atoms with Crippen LogP contribution in [0.3, 0.4) is 0 Å². The summed E-state index contributed by atoms with van der Waals surface area (Å²) in [5.74, 6) is 0.289. The third-order valence-corrected chi connectivity index (χ3v) is 0.602. The van der Waals surface area contributed by atoms with Gasteiger partial charge in [-0.2, -0.15) is 0 Å². The van der Waals surface area contributed by atoms with Gasteiger partial charge in [-0.1, -0.05) is 20.8 Å². The summed E-state index contributed by atoms with van der Waals surface area (Å²) < 4.78 is 4.25. The number of rotatable bonds is 2. The maximum Gasteiger partial charge on any atom is 0.204 e. The monoisotopic (exact) mass is 207 g/mol. The van der Waals surface area contributed by atoms with Gasteiger partial charge in [0.15, 0.2) is 0 Å². The van der Waals surface area contributed by atoms with Gasteiger partial charge in [0, 0.05) is 20.6 Å². The van der Waals surface area contributed by atoms with Crippen molar-refractivity contribution in [2.75, 3.05) is 14.2 Å². The summed E-state index contributed by atoms with van der Waals surface area (Å²) in [4.78, 5) is 18.6. The highest BCUT2D eigenvalue weighted by Crippen LogP contribution is 1.84. The van der Waals surface area contributed by atoms with E-state index in [1.807, 2.05) is 20.8 Å². The molecule has 0 aliphatic rings. The lowest BCUT2D eigenvalue weighted by atomic mass is 10.3. The Kier molecular flexibility index (Phi) is 66.3. The van der Waals surface area contributed by atoms with Gasteiger partial charge in [-0.3, -0.25) is 4.79 Å². The zero-order valence-corrected chi connectivity index (χ0v) is 10.3. The van der Waals surface area contributed by atoms with Crippen LogP contribution in [0.5, 0.6) is 0 Å². The SMILES string of the molecule is CC.CCCC(C)=O.COC.NC=O. The fourth-order valence-corrected chi connectivity index (χ4v) is 0.352. The minimum absolute atomic E-state index is 0.250. The van der Waals surface area contributed by atoms with Crippen molar-refractivity contribution in [3.8, 4) is 0 Å². The van der Waals surface area contributed by atoms with Crippen LogP contribution in [0.2, 0.25) is 0 Å². The van der Waals surface area contributed by atoms with Crippen LogP contribution in [0.4, 0.5) is 0 Å². The number of primary amides is 1. The standard InChI is InChI=1S/C5H10O.C2H6O.C2H6.CH3NO/c1-3-4-5(2)6;1-3-2;1-2;2-1-3/h3-4H2,1-2H3;1-2H3;1-2H3;1H,(H2,2,3). The van der Waals surface area contributed by atoms with E-state index >= 15 is 0 Å². The van der Waals surface area contributed by atoms with Crippen LogP contribution >= 0.6 is 0 Å². The topological polar surface area (TPSA) is 69.4 Å². The Hall–Kier alpha value is -0.900. The molecule has 0 aromatic carbocycles. The van der Waals surface area contributed by atoms with E-state index in [-0.39, 0.29) is 12.2 Å². The van der Waals surface area contributed by atoms with E-state index in [0.717, 1.165) is 12.8 Å². The van der Waals surface area contributed by atoms with Crippen LogP contribution in [-0.2, 0) is 14.3 Å². The zero-order valence-electron chi connectivity index (χ0n) is 10.3. The smallest absolute Gasteiger partial charge is 0.204 e. The molecule has 0 bridgehead atoms. The highest BCUT2D eigenvalue weighted by molar-refractivity contribution is 5.75. The highest BCUT2D eigenvalue weighted by atomic mass is 16.4. The minimum atomic E-state index is 0.250. The summed E-state index contributed by atoms with van der Waals surface area (Å²) in [6.45, 7) is 7.62. The van der Waals surface area contributed by atoms with Gasteiger partial charge in [0.2, 0.25) is 6.41 Å². The van der Waals surface area contributed by atoms with E-state index in [1.165, 1.54) is 0 Å². The molecule has 14 heavy (non-hydrogen) atoms. The lowest BCUT2D eigenvalue weighted by Crippen LogP contribution is -1.84. The highest BCUT2D eigenvalue weighted by Gasteiger charge is 1.83. The molecule has 0 saturated carbocycles. The van der Waals surface area contributed by atoms with Crippen LogP contribution in [0.1, 0.15) is 40.5 Å². The number of methoxy groups -OCH3 is 1. The first-order valence-corrected chi connectivity index (χ1v) is 4.65. The molecule has 0 unspecified atom stereocenters. The molecule has 0 aromatic rings. The van der Waals surface area contributed by atoms with Gasteiger partial charge < -0.3 is 15.3 Å². The fourth-order valence-electron chi connectivity index (χ4n) is 0.352. The number of ketones is 1. The summed E-state index contributed by atoms with van der Waals surface area (Å²) in [6.07, 6.45) is 1.97. The Balaban J connectivity index is -0.0000000536. The molecule has 0 saturated heterocycles. The molecule has 0 radical (unpaired) electrons. The normalized spacial score (nSPS) is 6.14. The Morgan fingerprint density at radius 2 is 1.57 bits per heavy atom. The molecule has 0 aromatic heterocycles. The number of carbonyl (C=O) groups excluding carboxylic acids is 2. The van der Waals surface area contributed by atoms with Crippen molar-refractivity contribution in [2.45, 2.75) is 40.5 Å². The van der Waals surface area contributed by atoms with Gasteiger partial charge in [-0.05, 0) is 13.3 Å². The summed E-state index contributed by atoms with van der Waals surface area (Å²) in [6, 6.07) is 0. The number of hydrogen-bond donors (Lipinski definition) is 1. The van der Waals surface area contributed by atoms with E-state index < -0.39 is 0 Å². The molecule has 0 rings (SSSR count). The number of hydrogen-bond acceptors (Lipinski definition) is 3. The number of ether oxygens (including phenoxy) is 1. The average Bonchev–Trinajstić information content (AvgIpc) is 2.10. The van der Waals surface area contributed by atoms with Crippen molar-refractivity contribution in [2.24, 2.45) is 5.73 Å². The molecule has 4 heteroatoms. The van der Waals surface area contributed by atoms with Crippen molar-refractivity contribution in [1.82, 2.24) is 0 Å². The van der Waals surface area contributed by atoms with Crippen LogP contribution in [0.25, 0.3) is 0 Å². The fraction of sp³-hybridized carbons (Fsp3) is 0.800. The molecule has 0 aliphatic heterocycles. The summed E-state index contributed by atoms with van der Waals surface area (Å²) in [5, 5.41) is 0. The lowest BCUT2D eigenvalue weighted by Gasteiger charge is -1.80. The van der Waals surface area contributed by atoms with Crippen molar-refractivity contribution >= 4 is 12.2 Å².